The zero-order chi connectivity index (χ0) is 10.8. The van der Waals surface area contributed by atoms with Crippen LogP contribution in [0.5, 0.6) is 0 Å². The van der Waals surface area contributed by atoms with Crippen molar-refractivity contribution in [3.8, 4) is 0 Å². The van der Waals surface area contributed by atoms with Gasteiger partial charge in [-0.25, -0.2) is 4.98 Å². The second-order valence-corrected chi connectivity index (χ2v) is 3.64. The number of benzene rings is 1. The first kappa shape index (κ1) is 10.4. The third-order valence-electron chi connectivity index (χ3n) is 2.11. The lowest BCUT2D eigenvalue weighted by molar-refractivity contribution is 0.139. The molecular weight excluding hydrogens is 216 g/mol. The minimum atomic E-state index is -0.765. The molecule has 0 saturated carbocycles. The molecule has 1 unspecified atom stereocenters. The molecule has 5 heteroatoms. The zero-order valence-corrected chi connectivity index (χ0v) is 8.74. The van der Waals surface area contributed by atoms with Gasteiger partial charge in [0.05, 0.1) is 5.02 Å². The van der Waals surface area contributed by atoms with E-state index in [1.165, 1.54) is 0 Å². The summed E-state index contributed by atoms with van der Waals surface area (Å²) in [6.45, 7) is 0.383. The second kappa shape index (κ2) is 4.18. The maximum absolute atomic E-state index is 9.63. The van der Waals surface area contributed by atoms with E-state index in [-0.39, 0.29) is 5.89 Å². The minimum Gasteiger partial charge on any atom is -0.436 e. The van der Waals surface area contributed by atoms with E-state index in [0.29, 0.717) is 29.1 Å². The molecule has 2 rings (SSSR count). The van der Waals surface area contributed by atoms with Crippen LogP contribution in [0.3, 0.4) is 0 Å². The summed E-state index contributed by atoms with van der Waals surface area (Å²) in [5, 5.41) is 10.1. The Balaban J connectivity index is 2.43. The number of aliphatic hydroxyl groups excluding tert-OH is 1. The maximum Gasteiger partial charge on any atom is 0.224 e. The quantitative estimate of drug-likeness (QED) is 0.838. The number of aromatic nitrogens is 1. The molecule has 80 valence electrons. The smallest absolute Gasteiger partial charge is 0.224 e. The van der Waals surface area contributed by atoms with Crippen molar-refractivity contribution in [2.45, 2.75) is 12.5 Å². The molecular formula is C10H11ClN2O2. The molecule has 0 amide bonds. The van der Waals surface area contributed by atoms with Crippen LogP contribution in [0.25, 0.3) is 11.1 Å². The maximum atomic E-state index is 9.63. The average Bonchev–Trinajstić information content (AvgIpc) is 2.63. The summed E-state index contributed by atoms with van der Waals surface area (Å²) in [7, 11) is 0. The number of hydrogen-bond donors (Lipinski definition) is 2. The van der Waals surface area contributed by atoms with Crippen LogP contribution < -0.4 is 5.73 Å². The minimum absolute atomic E-state index is 0.267. The van der Waals surface area contributed by atoms with Gasteiger partial charge in [0.15, 0.2) is 5.58 Å². The Labute approximate surface area is 91.7 Å². The van der Waals surface area contributed by atoms with E-state index in [9.17, 15) is 5.11 Å². The van der Waals surface area contributed by atoms with Crippen LogP contribution >= 0.6 is 11.6 Å². The molecule has 15 heavy (non-hydrogen) atoms. The number of para-hydroxylation sites is 1. The summed E-state index contributed by atoms with van der Waals surface area (Å²) in [4.78, 5) is 4.14. The van der Waals surface area contributed by atoms with Crippen LogP contribution in [0.4, 0.5) is 0 Å². The van der Waals surface area contributed by atoms with Gasteiger partial charge in [0, 0.05) is 0 Å². The van der Waals surface area contributed by atoms with Gasteiger partial charge >= 0.3 is 0 Å². The Morgan fingerprint density at radius 3 is 3.00 bits per heavy atom. The number of rotatable bonds is 3. The SMILES string of the molecule is NCCC(O)c1nc2cccc(Cl)c2o1. The topological polar surface area (TPSA) is 72.3 Å². The van der Waals surface area contributed by atoms with E-state index >= 15 is 0 Å². The lowest BCUT2D eigenvalue weighted by Crippen LogP contribution is -2.06. The van der Waals surface area contributed by atoms with Gasteiger partial charge in [-0.1, -0.05) is 17.7 Å². The summed E-state index contributed by atoms with van der Waals surface area (Å²) < 4.78 is 5.36. The van der Waals surface area contributed by atoms with E-state index in [1.54, 1.807) is 18.2 Å². The molecule has 4 nitrogen and oxygen atoms in total. The van der Waals surface area contributed by atoms with Gasteiger partial charge in [-0.2, -0.15) is 0 Å². The van der Waals surface area contributed by atoms with Crippen molar-refractivity contribution in [2.75, 3.05) is 6.54 Å². The van der Waals surface area contributed by atoms with E-state index in [0.717, 1.165) is 0 Å². The molecule has 1 heterocycles. The van der Waals surface area contributed by atoms with Crippen LogP contribution in [0.2, 0.25) is 5.02 Å². The largest absolute Gasteiger partial charge is 0.436 e. The van der Waals surface area contributed by atoms with Crippen molar-refractivity contribution in [2.24, 2.45) is 5.73 Å². The summed E-state index contributed by atoms with van der Waals surface area (Å²) in [5.41, 5.74) is 6.49. The van der Waals surface area contributed by atoms with Crippen molar-refractivity contribution in [3.63, 3.8) is 0 Å². The van der Waals surface area contributed by atoms with Gasteiger partial charge in [-0.15, -0.1) is 0 Å². The molecule has 0 fully saturated rings. The normalized spacial score (nSPS) is 13.3. The fourth-order valence-electron chi connectivity index (χ4n) is 1.36. The standard InChI is InChI=1S/C10H11ClN2O2/c11-6-2-1-3-7-9(6)15-10(13-7)8(14)4-5-12/h1-3,8,14H,4-5,12H2. The number of hydrogen-bond acceptors (Lipinski definition) is 4. The highest BCUT2D eigenvalue weighted by atomic mass is 35.5. The van der Waals surface area contributed by atoms with Crippen molar-refractivity contribution in [1.29, 1.82) is 0 Å². The summed E-state index contributed by atoms with van der Waals surface area (Å²) in [5.74, 6) is 0.267. The van der Waals surface area contributed by atoms with Gasteiger partial charge in [-0.05, 0) is 25.1 Å². The number of oxazole rings is 1. The summed E-state index contributed by atoms with van der Waals surface area (Å²) in [6, 6.07) is 5.28. The first-order chi connectivity index (χ1) is 7.22. The number of nitrogens with zero attached hydrogens (tertiary/aromatic N) is 1. The van der Waals surface area contributed by atoms with Crippen molar-refractivity contribution < 1.29 is 9.52 Å². The lowest BCUT2D eigenvalue weighted by atomic mass is 10.2. The van der Waals surface area contributed by atoms with E-state index in [1.807, 2.05) is 0 Å². The van der Waals surface area contributed by atoms with E-state index in [2.05, 4.69) is 4.98 Å². The number of halogens is 1. The lowest BCUT2D eigenvalue weighted by Gasteiger charge is -2.02. The van der Waals surface area contributed by atoms with Crippen LogP contribution in [-0.4, -0.2) is 16.6 Å². The molecule has 0 aliphatic carbocycles. The average molecular weight is 227 g/mol. The van der Waals surface area contributed by atoms with E-state index in [4.69, 9.17) is 21.8 Å². The molecule has 0 radical (unpaired) electrons. The molecule has 0 aliphatic heterocycles. The third kappa shape index (κ3) is 1.97. The first-order valence-electron chi connectivity index (χ1n) is 4.65. The van der Waals surface area contributed by atoms with Crippen LogP contribution in [0.15, 0.2) is 22.6 Å². The fraction of sp³-hybridized carbons (Fsp3) is 0.300. The van der Waals surface area contributed by atoms with Gasteiger partial charge in [0.25, 0.3) is 0 Å². The molecule has 1 aromatic heterocycles. The first-order valence-corrected chi connectivity index (χ1v) is 5.03. The second-order valence-electron chi connectivity index (χ2n) is 3.23. The zero-order valence-electron chi connectivity index (χ0n) is 7.98. The van der Waals surface area contributed by atoms with Gasteiger partial charge in [-0.3, -0.25) is 0 Å². The number of aliphatic hydroxyl groups is 1. The van der Waals surface area contributed by atoms with Crippen LogP contribution in [-0.2, 0) is 0 Å². The van der Waals surface area contributed by atoms with Crippen molar-refractivity contribution in [1.82, 2.24) is 4.98 Å². The molecule has 3 N–H and O–H groups in total. The molecule has 0 bridgehead atoms. The number of nitrogens with two attached hydrogens (primary N) is 1. The Morgan fingerprint density at radius 1 is 1.53 bits per heavy atom. The summed E-state index contributed by atoms with van der Waals surface area (Å²) in [6.07, 6.45) is -0.344. The van der Waals surface area contributed by atoms with Gasteiger partial charge in [0.2, 0.25) is 5.89 Å². The molecule has 0 aliphatic rings. The van der Waals surface area contributed by atoms with E-state index < -0.39 is 6.10 Å². The molecule has 0 saturated heterocycles. The molecule has 2 aromatic rings. The predicted octanol–water partition coefficient (Wildman–Crippen LogP) is 1.86. The van der Waals surface area contributed by atoms with Crippen molar-refractivity contribution >= 4 is 22.7 Å². The Hall–Kier alpha value is -1.10. The predicted molar refractivity (Wildman–Crippen MR) is 57.7 cm³/mol. The highest BCUT2D eigenvalue weighted by Gasteiger charge is 2.15. The third-order valence-corrected chi connectivity index (χ3v) is 2.41. The highest BCUT2D eigenvalue weighted by Crippen LogP contribution is 2.27. The Morgan fingerprint density at radius 2 is 2.33 bits per heavy atom. The molecule has 0 spiro atoms. The monoisotopic (exact) mass is 226 g/mol. The summed E-state index contributed by atoms with van der Waals surface area (Å²) >= 11 is 5.91. The van der Waals surface area contributed by atoms with Gasteiger partial charge in [0.1, 0.15) is 11.6 Å². The van der Waals surface area contributed by atoms with Crippen LogP contribution in [0, 0.1) is 0 Å². The van der Waals surface area contributed by atoms with Crippen molar-refractivity contribution in [3.05, 3.63) is 29.1 Å². The molecule has 1 aromatic carbocycles. The van der Waals surface area contributed by atoms with Crippen LogP contribution in [0.1, 0.15) is 18.4 Å². The number of fused-ring (bicyclic) bond motifs is 1. The Bertz CT molecular complexity index is 469. The Kier molecular flexibility index (Phi) is 2.90. The highest BCUT2D eigenvalue weighted by molar-refractivity contribution is 6.34. The molecule has 1 atom stereocenters. The fourth-order valence-corrected chi connectivity index (χ4v) is 1.56. The van der Waals surface area contributed by atoms with Gasteiger partial charge < -0.3 is 15.3 Å².